The largest absolute Gasteiger partial charge is 0.343 e. The highest BCUT2D eigenvalue weighted by Crippen LogP contribution is 2.35. The van der Waals surface area contributed by atoms with Gasteiger partial charge in [-0.2, -0.15) is 14.8 Å². The van der Waals surface area contributed by atoms with Gasteiger partial charge >= 0.3 is 0 Å². The lowest BCUT2D eigenvalue weighted by atomic mass is 9.95. The third kappa shape index (κ3) is 3.84. The number of aromatic amines is 1. The summed E-state index contributed by atoms with van der Waals surface area (Å²) in [5, 5.41) is 9.72. The number of nitrogens with one attached hydrogen (secondary N) is 1. The van der Waals surface area contributed by atoms with E-state index in [4.69, 9.17) is 0 Å². The number of pyridine rings is 1. The molecule has 35 heavy (non-hydrogen) atoms. The minimum Gasteiger partial charge on any atom is -0.343 e. The molecule has 6 rings (SSSR count). The zero-order chi connectivity index (χ0) is 23.9. The summed E-state index contributed by atoms with van der Waals surface area (Å²) in [6, 6.07) is 8.13. The van der Waals surface area contributed by atoms with Crippen molar-refractivity contribution in [2.24, 2.45) is 5.92 Å². The molecule has 2 amide bonds. The summed E-state index contributed by atoms with van der Waals surface area (Å²) < 4.78 is 1.64. The molecular weight excluding hydrogens is 442 g/mol. The number of hydrogen-bond acceptors (Lipinski definition) is 5. The van der Waals surface area contributed by atoms with Gasteiger partial charge in [-0.3, -0.25) is 9.59 Å². The first-order valence-electron chi connectivity index (χ1n) is 12.5. The van der Waals surface area contributed by atoms with E-state index < -0.39 is 0 Å². The van der Waals surface area contributed by atoms with Crippen LogP contribution in [-0.4, -0.2) is 72.6 Å². The average molecular weight is 472 g/mol. The van der Waals surface area contributed by atoms with Gasteiger partial charge in [0.05, 0.1) is 11.7 Å². The predicted molar refractivity (Wildman–Crippen MR) is 132 cm³/mol. The maximum absolute atomic E-state index is 13.2. The molecule has 9 nitrogen and oxygen atoms in total. The fraction of sp³-hybridized carbons (Fsp3) is 0.423. The van der Waals surface area contributed by atoms with Crippen LogP contribution >= 0.6 is 0 Å². The standard InChI is InChI=1S/C26H29N7O2/c1-2-24(34)31-11-6-17(7-12-31)26(35)32-13-8-18(16-32)22-14-20-19(5-10-27-25(20)30-22)21-15-29-33-23(21)4-3-9-28-33/h3-5,9-10,14-15,17-18H,2,6-8,11-13,16H2,1H3,(H,27,30). The Hall–Kier alpha value is -3.75. The molecule has 1 atom stereocenters. The van der Waals surface area contributed by atoms with Gasteiger partial charge in [-0.15, -0.1) is 0 Å². The Balaban J connectivity index is 1.19. The van der Waals surface area contributed by atoms with E-state index in [1.807, 2.05) is 47.3 Å². The molecule has 4 aromatic rings. The molecule has 0 bridgehead atoms. The Morgan fingerprint density at radius 3 is 2.69 bits per heavy atom. The molecule has 0 saturated carbocycles. The maximum atomic E-state index is 13.2. The third-order valence-corrected chi connectivity index (χ3v) is 7.59. The van der Waals surface area contributed by atoms with Crippen molar-refractivity contribution in [3.05, 3.63) is 48.5 Å². The first-order chi connectivity index (χ1) is 17.1. The van der Waals surface area contributed by atoms with Crippen LogP contribution in [0.15, 0.2) is 42.9 Å². The van der Waals surface area contributed by atoms with Crippen molar-refractivity contribution in [1.29, 1.82) is 0 Å². The summed E-state index contributed by atoms with van der Waals surface area (Å²) >= 11 is 0. The fourth-order valence-corrected chi connectivity index (χ4v) is 5.61. The Morgan fingerprint density at radius 2 is 1.86 bits per heavy atom. The van der Waals surface area contributed by atoms with E-state index in [1.54, 1.807) is 10.8 Å². The van der Waals surface area contributed by atoms with Gasteiger partial charge in [0.1, 0.15) is 5.65 Å². The lowest BCUT2D eigenvalue weighted by molar-refractivity contribution is -0.139. The number of amides is 2. The van der Waals surface area contributed by atoms with Gasteiger partial charge in [-0.1, -0.05) is 6.92 Å². The van der Waals surface area contributed by atoms with E-state index >= 15 is 0 Å². The second-order valence-electron chi connectivity index (χ2n) is 9.58. The maximum Gasteiger partial charge on any atom is 0.225 e. The van der Waals surface area contributed by atoms with Gasteiger partial charge in [0.15, 0.2) is 0 Å². The van der Waals surface area contributed by atoms with E-state index in [1.165, 1.54) is 0 Å². The van der Waals surface area contributed by atoms with Crippen LogP contribution in [0.1, 0.15) is 44.2 Å². The van der Waals surface area contributed by atoms with Crippen molar-refractivity contribution < 1.29 is 9.59 Å². The SMILES string of the molecule is CCC(=O)N1CCC(C(=O)N2CCC(c3cc4c(-c5cnn6ncccc56)ccnc4[nH]3)C2)CC1. The Bertz CT molecular complexity index is 1400. The van der Waals surface area contributed by atoms with Gasteiger partial charge in [-0.05, 0) is 49.1 Å². The van der Waals surface area contributed by atoms with Crippen molar-refractivity contribution in [1.82, 2.24) is 34.6 Å². The number of piperidine rings is 1. The number of fused-ring (bicyclic) bond motifs is 2. The fourth-order valence-electron chi connectivity index (χ4n) is 5.61. The monoisotopic (exact) mass is 471 g/mol. The van der Waals surface area contributed by atoms with E-state index in [-0.39, 0.29) is 23.7 Å². The number of carbonyl (C=O) groups excluding carboxylic acids is 2. The number of rotatable bonds is 4. The van der Waals surface area contributed by atoms with Crippen LogP contribution in [0, 0.1) is 5.92 Å². The predicted octanol–water partition coefficient (Wildman–Crippen LogP) is 3.24. The smallest absolute Gasteiger partial charge is 0.225 e. The molecule has 1 unspecified atom stereocenters. The molecular formula is C26H29N7O2. The summed E-state index contributed by atoms with van der Waals surface area (Å²) in [6.45, 7) is 4.76. The molecule has 2 fully saturated rings. The molecule has 2 saturated heterocycles. The zero-order valence-electron chi connectivity index (χ0n) is 19.9. The number of hydrogen-bond donors (Lipinski definition) is 1. The normalized spacial score (nSPS) is 19.2. The average Bonchev–Trinajstić information content (AvgIpc) is 3.65. The summed E-state index contributed by atoms with van der Waals surface area (Å²) in [4.78, 5) is 37.2. The van der Waals surface area contributed by atoms with Crippen LogP contribution in [0.3, 0.4) is 0 Å². The molecule has 2 aliphatic rings. The van der Waals surface area contributed by atoms with Gasteiger partial charge in [0.2, 0.25) is 11.8 Å². The first kappa shape index (κ1) is 21.8. The summed E-state index contributed by atoms with van der Waals surface area (Å²) in [7, 11) is 0. The van der Waals surface area contributed by atoms with Crippen LogP contribution in [0.25, 0.3) is 27.7 Å². The Morgan fingerprint density at radius 1 is 1.03 bits per heavy atom. The molecule has 0 aliphatic carbocycles. The number of H-pyrrole nitrogens is 1. The van der Waals surface area contributed by atoms with Crippen LogP contribution in [-0.2, 0) is 9.59 Å². The minimum atomic E-state index is 0.0230. The molecule has 4 aromatic heterocycles. The lowest BCUT2D eigenvalue weighted by Crippen LogP contribution is -2.43. The molecule has 0 spiro atoms. The third-order valence-electron chi connectivity index (χ3n) is 7.59. The second kappa shape index (κ2) is 8.79. The van der Waals surface area contributed by atoms with Crippen molar-refractivity contribution in [2.45, 2.75) is 38.5 Å². The van der Waals surface area contributed by atoms with Crippen LogP contribution in [0.4, 0.5) is 0 Å². The van der Waals surface area contributed by atoms with Crippen molar-refractivity contribution >= 4 is 28.4 Å². The zero-order valence-corrected chi connectivity index (χ0v) is 19.9. The van der Waals surface area contributed by atoms with Crippen molar-refractivity contribution in [3.8, 4) is 11.1 Å². The molecule has 2 aliphatic heterocycles. The summed E-state index contributed by atoms with van der Waals surface area (Å²) in [5.41, 5.74) is 5.01. The van der Waals surface area contributed by atoms with E-state index in [0.717, 1.165) is 65.7 Å². The highest BCUT2D eigenvalue weighted by atomic mass is 16.2. The molecule has 1 N–H and O–H groups in total. The molecule has 0 aromatic carbocycles. The van der Waals surface area contributed by atoms with Crippen molar-refractivity contribution in [3.63, 3.8) is 0 Å². The Labute approximate surface area is 203 Å². The molecule has 6 heterocycles. The highest BCUT2D eigenvalue weighted by Gasteiger charge is 2.34. The van der Waals surface area contributed by atoms with E-state index in [9.17, 15) is 9.59 Å². The second-order valence-corrected chi connectivity index (χ2v) is 9.58. The van der Waals surface area contributed by atoms with E-state index in [2.05, 4.69) is 26.2 Å². The summed E-state index contributed by atoms with van der Waals surface area (Å²) in [5.74, 6) is 0.706. The Kier molecular flexibility index (Phi) is 5.47. The lowest BCUT2D eigenvalue weighted by Gasteiger charge is -2.33. The number of likely N-dealkylation sites (tertiary alicyclic amines) is 2. The topological polar surface area (TPSA) is 99.5 Å². The first-order valence-corrected chi connectivity index (χ1v) is 12.5. The van der Waals surface area contributed by atoms with Crippen LogP contribution in [0.2, 0.25) is 0 Å². The van der Waals surface area contributed by atoms with Crippen LogP contribution < -0.4 is 0 Å². The van der Waals surface area contributed by atoms with Gasteiger partial charge in [0.25, 0.3) is 0 Å². The quantitative estimate of drug-likeness (QED) is 0.493. The van der Waals surface area contributed by atoms with Gasteiger partial charge in [-0.25, -0.2) is 4.98 Å². The van der Waals surface area contributed by atoms with Crippen LogP contribution in [0.5, 0.6) is 0 Å². The molecule has 180 valence electrons. The molecule has 0 radical (unpaired) electrons. The number of carbonyl (C=O) groups is 2. The van der Waals surface area contributed by atoms with Crippen molar-refractivity contribution in [2.75, 3.05) is 26.2 Å². The number of nitrogens with zero attached hydrogens (tertiary/aromatic N) is 6. The number of aromatic nitrogens is 5. The minimum absolute atomic E-state index is 0.0230. The van der Waals surface area contributed by atoms with Gasteiger partial charge < -0.3 is 14.8 Å². The van der Waals surface area contributed by atoms with E-state index in [0.29, 0.717) is 19.5 Å². The molecule has 9 heteroatoms. The van der Waals surface area contributed by atoms with Gasteiger partial charge in [0, 0.05) is 73.5 Å². The summed E-state index contributed by atoms with van der Waals surface area (Å²) in [6.07, 6.45) is 8.38. The highest BCUT2D eigenvalue weighted by molar-refractivity contribution is 5.97.